The molecule has 0 aromatic heterocycles. The summed E-state index contributed by atoms with van der Waals surface area (Å²) >= 11 is 0. The third-order valence-corrected chi connectivity index (χ3v) is 3.67. The molecular weight excluding hydrogens is 260 g/mol. The number of amides is 1. The lowest BCUT2D eigenvalue weighted by molar-refractivity contribution is -0.120. The molecule has 0 radical (unpaired) electrons. The standard InChI is InChI=1S/C18H22N2O/c1-3-17(14-9-6-5-7-10-14)18(21)20(4-2)16-12-8-11-15(19)13-16/h5-13,17H,3-4,19H2,1-2H3. The van der Waals surface area contributed by atoms with E-state index in [1.807, 2.05) is 68.4 Å². The van der Waals surface area contributed by atoms with Gasteiger partial charge in [-0.3, -0.25) is 4.79 Å². The highest BCUT2D eigenvalue weighted by Crippen LogP contribution is 2.26. The van der Waals surface area contributed by atoms with Crippen LogP contribution in [0.3, 0.4) is 0 Å². The lowest BCUT2D eigenvalue weighted by atomic mass is 9.94. The largest absolute Gasteiger partial charge is 0.399 e. The molecule has 2 rings (SSSR count). The second-order valence-corrected chi connectivity index (χ2v) is 5.05. The maximum atomic E-state index is 12.9. The summed E-state index contributed by atoms with van der Waals surface area (Å²) in [5, 5.41) is 0. The Bertz CT molecular complexity index is 595. The van der Waals surface area contributed by atoms with Crippen LogP contribution in [0.15, 0.2) is 54.6 Å². The van der Waals surface area contributed by atoms with E-state index < -0.39 is 0 Å². The first kappa shape index (κ1) is 15.1. The Labute approximate surface area is 126 Å². The number of hydrogen-bond acceptors (Lipinski definition) is 2. The minimum Gasteiger partial charge on any atom is -0.399 e. The zero-order valence-corrected chi connectivity index (χ0v) is 12.6. The van der Waals surface area contributed by atoms with E-state index in [0.717, 1.165) is 17.7 Å². The van der Waals surface area contributed by atoms with E-state index in [2.05, 4.69) is 0 Å². The number of likely N-dealkylation sites (N-methyl/N-ethyl adjacent to an activating group) is 1. The first-order valence-corrected chi connectivity index (χ1v) is 7.39. The third-order valence-electron chi connectivity index (χ3n) is 3.67. The number of nitrogen functional groups attached to an aromatic ring is 1. The first-order chi connectivity index (χ1) is 10.2. The molecule has 110 valence electrons. The van der Waals surface area contributed by atoms with E-state index in [9.17, 15) is 4.79 Å². The van der Waals surface area contributed by atoms with Gasteiger partial charge in [-0.25, -0.2) is 0 Å². The van der Waals surface area contributed by atoms with Gasteiger partial charge in [-0.15, -0.1) is 0 Å². The average Bonchev–Trinajstić information content (AvgIpc) is 2.50. The number of hydrogen-bond donors (Lipinski definition) is 1. The van der Waals surface area contributed by atoms with E-state index in [4.69, 9.17) is 5.73 Å². The van der Waals surface area contributed by atoms with Gasteiger partial charge in [0, 0.05) is 17.9 Å². The summed E-state index contributed by atoms with van der Waals surface area (Å²) in [4.78, 5) is 14.7. The van der Waals surface area contributed by atoms with Gasteiger partial charge in [-0.2, -0.15) is 0 Å². The van der Waals surface area contributed by atoms with Crippen molar-refractivity contribution in [1.29, 1.82) is 0 Å². The molecule has 2 N–H and O–H groups in total. The number of rotatable bonds is 5. The van der Waals surface area contributed by atoms with Gasteiger partial charge in [0.25, 0.3) is 0 Å². The summed E-state index contributed by atoms with van der Waals surface area (Å²) in [6, 6.07) is 17.4. The molecule has 0 heterocycles. The fraction of sp³-hybridized carbons (Fsp3) is 0.278. The Kier molecular flexibility index (Phi) is 4.99. The predicted molar refractivity (Wildman–Crippen MR) is 88.4 cm³/mol. The van der Waals surface area contributed by atoms with Crippen molar-refractivity contribution < 1.29 is 4.79 Å². The molecule has 0 fully saturated rings. The molecule has 0 spiro atoms. The van der Waals surface area contributed by atoms with E-state index >= 15 is 0 Å². The van der Waals surface area contributed by atoms with Gasteiger partial charge >= 0.3 is 0 Å². The Balaban J connectivity index is 2.31. The third kappa shape index (κ3) is 3.43. The molecule has 2 aromatic carbocycles. The molecule has 1 atom stereocenters. The molecule has 2 aromatic rings. The minimum absolute atomic E-state index is 0.118. The van der Waals surface area contributed by atoms with Gasteiger partial charge in [0.1, 0.15) is 0 Å². The highest BCUT2D eigenvalue weighted by atomic mass is 16.2. The molecule has 0 saturated heterocycles. The average molecular weight is 282 g/mol. The topological polar surface area (TPSA) is 46.3 Å². The van der Waals surface area contributed by atoms with Crippen molar-refractivity contribution in [3.8, 4) is 0 Å². The highest BCUT2D eigenvalue weighted by Gasteiger charge is 2.24. The molecule has 0 aliphatic carbocycles. The Hall–Kier alpha value is -2.29. The van der Waals surface area contributed by atoms with Crippen molar-refractivity contribution >= 4 is 17.3 Å². The number of nitrogens with two attached hydrogens (primary N) is 1. The number of carbonyl (C=O) groups is 1. The first-order valence-electron chi connectivity index (χ1n) is 7.39. The summed E-state index contributed by atoms with van der Waals surface area (Å²) in [5.74, 6) is 0.00406. The van der Waals surface area contributed by atoms with Gasteiger partial charge in [-0.1, -0.05) is 43.3 Å². The summed E-state index contributed by atoms with van der Waals surface area (Å²) in [7, 11) is 0. The molecule has 3 nitrogen and oxygen atoms in total. The molecule has 3 heteroatoms. The van der Waals surface area contributed by atoms with E-state index in [1.54, 1.807) is 4.90 Å². The number of benzene rings is 2. The van der Waals surface area contributed by atoms with Crippen LogP contribution >= 0.6 is 0 Å². The molecule has 0 saturated carbocycles. The fourth-order valence-corrected chi connectivity index (χ4v) is 2.58. The quantitative estimate of drug-likeness (QED) is 0.847. The van der Waals surface area contributed by atoms with Crippen molar-refractivity contribution in [1.82, 2.24) is 0 Å². The molecule has 0 aliphatic heterocycles. The lowest BCUT2D eigenvalue weighted by Gasteiger charge is -2.26. The fourth-order valence-electron chi connectivity index (χ4n) is 2.58. The van der Waals surface area contributed by atoms with E-state index in [1.165, 1.54) is 0 Å². The van der Waals surface area contributed by atoms with Crippen molar-refractivity contribution in [3.05, 3.63) is 60.2 Å². The smallest absolute Gasteiger partial charge is 0.234 e. The molecule has 0 aliphatic rings. The Morgan fingerprint density at radius 2 is 1.81 bits per heavy atom. The van der Waals surface area contributed by atoms with Crippen molar-refractivity contribution in [2.45, 2.75) is 26.2 Å². The van der Waals surface area contributed by atoms with E-state index in [0.29, 0.717) is 12.2 Å². The molecular formula is C18H22N2O. The van der Waals surface area contributed by atoms with Crippen molar-refractivity contribution in [2.24, 2.45) is 0 Å². The van der Waals surface area contributed by atoms with Crippen LogP contribution in [0, 0.1) is 0 Å². The van der Waals surface area contributed by atoms with Crippen LogP contribution in [-0.2, 0) is 4.79 Å². The van der Waals surface area contributed by atoms with E-state index in [-0.39, 0.29) is 11.8 Å². The van der Waals surface area contributed by atoms with Gasteiger partial charge in [0.05, 0.1) is 5.92 Å². The van der Waals surface area contributed by atoms with Crippen LogP contribution in [-0.4, -0.2) is 12.5 Å². The highest BCUT2D eigenvalue weighted by molar-refractivity contribution is 5.98. The predicted octanol–water partition coefficient (Wildman–Crippen LogP) is 3.82. The summed E-state index contributed by atoms with van der Waals surface area (Å²) in [6.45, 7) is 4.66. The monoisotopic (exact) mass is 282 g/mol. The van der Waals surface area contributed by atoms with Crippen LogP contribution < -0.4 is 10.6 Å². The summed E-state index contributed by atoms with van der Waals surface area (Å²) < 4.78 is 0. The van der Waals surface area contributed by atoms with Crippen LogP contribution in [0.1, 0.15) is 31.7 Å². The Morgan fingerprint density at radius 1 is 1.10 bits per heavy atom. The number of nitrogens with zero attached hydrogens (tertiary/aromatic N) is 1. The van der Waals surface area contributed by atoms with Crippen LogP contribution in [0.5, 0.6) is 0 Å². The number of anilines is 2. The lowest BCUT2D eigenvalue weighted by Crippen LogP contribution is -2.35. The van der Waals surface area contributed by atoms with Crippen LogP contribution in [0.4, 0.5) is 11.4 Å². The Morgan fingerprint density at radius 3 is 2.38 bits per heavy atom. The molecule has 1 amide bonds. The maximum absolute atomic E-state index is 12.9. The molecule has 21 heavy (non-hydrogen) atoms. The normalized spacial score (nSPS) is 11.9. The molecule has 1 unspecified atom stereocenters. The van der Waals surface area contributed by atoms with Gasteiger partial charge in [-0.05, 0) is 37.1 Å². The van der Waals surface area contributed by atoms with Gasteiger partial charge < -0.3 is 10.6 Å². The molecule has 0 bridgehead atoms. The van der Waals surface area contributed by atoms with Crippen LogP contribution in [0.2, 0.25) is 0 Å². The van der Waals surface area contributed by atoms with Crippen LogP contribution in [0.25, 0.3) is 0 Å². The zero-order chi connectivity index (χ0) is 15.2. The summed E-state index contributed by atoms with van der Waals surface area (Å²) in [6.07, 6.45) is 0.779. The zero-order valence-electron chi connectivity index (χ0n) is 12.6. The maximum Gasteiger partial charge on any atom is 0.234 e. The second-order valence-electron chi connectivity index (χ2n) is 5.05. The second kappa shape index (κ2) is 6.93. The van der Waals surface area contributed by atoms with Crippen molar-refractivity contribution in [2.75, 3.05) is 17.2 Å². The summed E-state index contributed by atoms with van der Waals surface area (Å²) in [5.41, 5.74) is 8.43. The van der Waals surface area contributed by atoms with Crippen molar-refractivity contribution in [3.63, 3.8) is 0 Å². The SMILES string of the molecule is CCC(C(=O)N(CC)c1cccc(N)c1)c1ccccc1. The van der Waals surface area contributed by atoms with Gasteiger partial charge in [0.15, 0.2) is 0 Å². The number of carbonyl (C=O) groups excluding carboxylic acids is 1. The minimum atomic E-state index is -0.118. The van der Waals surface area contributed by atoms with Gasteiger partial charge in [0.2, 0.25) is 5.91 Å².